The third-order valence-corrected chi connectivity index (χ3v) is 6.92. The summed E-state index contributed by atoms with van der Waals surface area (Å²) in [4.78, 5) is 28.6. The Hall–Kier alpha value is -2.74. The number of anilines is 1. The van der Waals surface area contributed by atoms with Crippen molar-refractivity contribution in [2.45, 2.75) is 58.3 Å². The molecule has 2 aromatic rings. The van der Waals surface area contributed by atoms with Crippen molar-refractivity contribution in [2.75, 3.05) is 4.90 Å². The Morgan fingerprint density at radius 1 is 1.19 bits per heavy atom. The minimum absolute atomic E-state index is 0.0330. The number of ether oxygens (including phenoxy) is 2. The smallest absolute Gasteiger partial charge is 0.296 e. The molecule has 5 rings (SSSR count). The molecule has 1 fully saturated rings. The average Bonchev–Trinajstić information content (AvgIpc) is 3.36. The minimum Gasteiger partial charge on any atom is -0.491 e. The predicted molar refractivity (Wildman–Crippen MR) is 116 cm³/mol. The fourth-order valence-electron chi connectivity index (χ4n) is 4.86. The van der Waals surface area contributed by atoms with Crippen molar-refractivity contribution in [3.63, 3.8) is 0 Å². The molecule has 0 bridgehead atoms. The molecular weight excluding hydrogens is 414 g/mol. The van der Waals surface area contributed by atoms with Crippen LogP contribution < -0.4 is 9.64 Å². The Morgan fingerprint density at radius 2 is 1.97 bits per heavy atom. The molecule has 1 aromatic carbocycles. The molecule has 162 valence electrons. The van der Waals surface area contributed by atoms with Crippen molar-refractivity contribution in [1.82, 2.24) is 10.2 Å². The molecule has 3 heterocycles. The van der Waals surface area contributed by atoms with E-state index in [1.54, 1.807) is 10.4 Å². The highest BCUT2D eigenvalue weighted by atomic mass is 32.1. The van der Waals surface area contributed by atoms with Crippen LogP contribution in [-0.2, 0) is 14.3 Å². The Morgan fingerprint density at radius 3 is 2.65 bits per heavy atom. The second-order valence-corrected chi connectivity index (χ2v) is 9.63. The number of rotatable bonds is 4. The highest BCUT2D eigenvalue weighted by Gasteiger charge is 2.53. The summed E-state index contributed by atoms with van der Waals surface area (Å²) in [6, 6.07) is 6.98. The van der Waals surface area contributed by atoms with E-state index in [-0.39, 0.29) is 35.6 Å². The first kappa shape index (κ1) is 20.2. The van der Waals surface area contributed by atoms with Gasteiger partial charge in [-0.2, -0.15) is 0 Å². The third kappa shape index (κ3) is 3.43. The first-order valence-corrected chi connectivity index (χ1v) is 11.6. The van der Waals surface area contributed by atoms with Crippen LogP contribution in [0.25, 0.3) is 0 Å². The van der Waals surface area contributed by atoms with E-state index in [0.717, 1.165) is 30.6 Å². The van der Waals surface area contributed by atoms with Gasteiger partial charge in [-0.05, 0) is 56.7 Å². The van der Waals surface area contributed by atoms with Gasteiger partial charge in [0.25, 0.3) is 5.91 Å². The van der Waals surface area contributed by atoms with Gasteiger partial charge in [0.05, 0.1) is 23.6 Å². The molecule has 8 heteroatoms. The van der Waals surface area contributed by atoms with Crippen molar-refractivity contribution in [3.05, 3.63) is 46.7 Å². The lowest BCUT2D eigenvalue weighted by Gasteiger charge is -2.37. The van der Waals surface area contributed by atoms with Crippen molar-refractivity contribution in [2.24, 2.45) is 11.8 Å². The zero-order chi connectivity index (χ0) is 21.7. The second kappa shape index (κ2) is 7.75. The molecule has 1 aromatic heterocycles. The summed E-state index contributed by atoms with van der Waals surface area (Å²) < 4.78 is 12.0. The number of amides is 1. The van der Waals surface area contributed by atoms with Gasteiger partial charge in [-0.1, -0.05) is 30.4 Å². The molecule has 0 N–H and O–H groups in total. The molecule has 3 aliphatic rings. The molecule has 2 aliphatic heterocycles. The SMILES string of the molecule is CC1CCC2OC3=C(C(=O)C2C1)C(c1ccc(OC(C)C)cc1)N(c1nncs1)C3=O. The van der Waals surface area contributed by atoms with Gasteiger partial charge < -0.3 is 9.47 Å². The number of carbonyl (C=O) groups is 2. The lowest BCUT2D eigenvalue weighted by atomic mass is 9.74. The maximum absolute atomic E-state index is 13.7. The highest BCUT2D eigenvalue weighted by Crippen LogP contribution is 2.49. The van der Waals surface area contributed by atoms with Crippen LogP contribution in [0.2, 0.25) is 0 Å². The topological polar surface area (TPSA) is 81.6 Å². The zero-order valence-corrected chi connectivity index (χ0v) is 18.6. The van der Waals surface area contributed by atoms with Crippen LogP contribution in [-0.4, -0.2) is 34.1 Å². The van der Waals surface area contributed by atoms with E-state index < -0.39 is 6.04 Å². The predicted octanol–water partition coefficient (Wildman–Crippen LogP) is 4.07. The van der Waals surface area contributed by atoms with Crippen molar-refractivity contribution < 1.29 is 19.1 Å². The molecule has 1 amide bonds. The molecule has 4 unspecified atom stereocenters. The monoisotopic (exact) mass is 439 g/mol. The summed E-state index contributed by atoms with van der Waals surface area (Å²) in [7, 11) is 0. The van der Waals surface area contributed by atoms with Gasteiger partial charge in [-0.3, -0.25) is 14.5 Å². The van der Waals surface area contributed by atoms with Gasteiger partial charge in [0, 0.05) is 0 Å². The third-order valence-electron chi connectivity index (χ3n) is 6.23. The number of Topliss-reactive ketones (excluding diaryl/α,β-unsaturated/α-hetero) is 1. The standard InChI is InChI=1S/C23H25N3O4S/c1-12(2)29-15-7-5-14(6-8-15)19-18-20(27)16-10-13(3)4-9-17(16)30-21(18)22(28)26(19)23-25-24-11-31-23/h5-8,11-13,16-17,19H,4,9-10H2,1-3H3. The highest BCUT2D eigenvalue weighted by molar-refractivity contribution is 7.13. The molecule has 0 spiro atoms. The second-order valence-electron chi connectivity index (χ2n) is 8.82. The fraction of sp³-hybridized carbons (Fsp3) is 0.478. The number of benzene rings is 1. The van der Waals surface area contributed by atoms with Gasteiger partial charge in [-0.15, -0.1) is 10.2 Å². The fourth-order valence-corrected chi connectivity index (χ4v) is 5.45. The Bertz CT molecular complexity index is 1030. The van der Waals surface area contributed by atoms with E-state index in [4.69, 9.17) is 9.47 Å². The number of nitrogens with zero attached hydrogens (tertiary/aromatic N) is 3. The summed E-state index contributed by atoms with van der Waals surface area (Å²) in [5, 5.41) is 8.49. The maximum Gasteiger partial charge on any atom is 0.296 e. The summed E-state index contributed by atoms with van der Waals surface area (Å²) in [6.45, 7) is 6.11. The van der Waals surface area contributed by atoms with Gasteiger partial charge in [0.15, 0.2) is 11.5 Å². The van der Waals surface area contributed by atoms with Crippen LogP contribution in [0, 0.1) is 11.8 Å². The molecule has 0 radical (unpaired) electrons. The minimum atomic E-state index is -0.575. The molecule has 4 atom stereocenters. The normalized spacial score (nSPS) is 27.9. The first-order valence-electron chi connectivity index (χ1n) is 10.8. The average molecular weight is 440 g/mol. The number of fused-ring (bicyclic) bond motifs is 1. The number of hydrogen-bond acceptors (Lipinski definition) is 7. The molecule has 31 heavy (non-hydrogen) atoms. The van der Waals surface area contributed by atoms with Gasteiger partial charge in [-0.25, -0.2) is 0 Å². The van der Waals surface area contributed by atoms with E-state index in [9.17, 15) is 9.59 Å². The molecule has 1 saturated carbocycles. The van der Waals surface area contributed by atoms with Gasteiger partial charge in [0.2, 0.25) is 5.13 Å². The van der Waals surface area contributed by atoms with Gasteiger partial charge in [0.1, 0.15) is 17.4 Å². The van der Waals surface area contributed by atoms with Crippen LogP contribution in [0.15, 0.2) is 41.1 Å². The lowest BCUT2D eigenvalue weighted by molar-refractivity contribution is -0.132. The lowest BCUT2D eigenvalue weighted by Crippen LogP contribution is -2.41. The van der Waals surface area contributed by atoms with Crippen molar-refractivity contribution in [3.8, 4) is 5.75 Å². The van der Waals surface area contributed by atoms with E-state index >= 15 is 0 Å². The zero-order valence-electron chi connectivity index (χ0n) is 17.8. The van der Waals surface area contributed by atoms with Crippen LogP contribution in [0.4, 0.5) is 5.13 Å². The van der Waals surface area contributed by atoms with E-state index in [1.165, 1.54) is 11.3 Å². The van der Waals surface area contributed by atoms with E-state index in [2.05, 4.69) is 17.1 Å². The molecular formula is C23H25N3O4S. The number of hydrogen-bond donors (Lipinski definition) is 0. The largest absolute Gasteiger partial charge is 0.491 e. The summed E-state index contributed by atoms with van der Waals surface area (Å²) in [6.07, 6.45) is 2.44. The maximum atomic E-state index is 13.7. The summed E-state index contributed by atoms with van der Waals surface area (Å²) >= 11 is 1.27. The molecule has 0 saturated heterocycles. The van der Waals surface area contributed by atoms with E-state index in [0.29, 0.717) is 16.6 Å². The number of ketones is 1. The quantitative estimate of drug-likeness (QED) is 0.714. The van der Waals surface area contributed by atoms with Crippen LogP contribution in [0.3, 0.4) is 0 Å². The first-order chi connectivity index (χ1) is 14.9. The number of carbonyl (C=O) groups excluding carboxylic acids is 2. The van der Waals surface area contributed by atoms with Crippen molar-refractivity contribution in [1.29, 1.82) is 0 Å². The Kier molecular flexibility index (Phi) is 5.04. The van der Waals surface area contributed by atoms with E-state index in [1.807, 2.05) is 38.1 Å². The molecule has 7 nitrogen and oxygen atoms in total. The van der Waals surface area contributed by atoms with Gasteiger partial charge >= 0.3 is 0 Å². The van der Waals surface area contributed by atoms with Crippen LogP contribution >= 0.6 is 11.3 Å². The Balaban J connectivity index is 1.58. The van der Waals surface area contributed by atoms with Crippen LogP contribution in [0.5, 0.6) is 5.75 Å². The molecule has 1 aliphatic carbocycles. The number of aromatic nitrogens is 2. The van der Waals surface area contributed by atoms with Crippen molar-refractivity contribution >= 4 is 28.2 Å². The summed E-state index contributed by atoms with van der Waals surface area (Å²) in [5.41, 5.74) is 2.86. The van der Waals surface area contributed by atoms with Crippen LogP contribution in [0.1, 0.15) is 51.6 Å². The summed E-state index contributed by atoms with van der Waals surface area (Å²) in [5.74, 6) is 0.917. The Labute approximate surface area is 185 Å².